The topological polar surface area (TPSA) is 135 Å². The summed E-state index contributed by atoms with van der Waals surface area (Å²) in [7, 11) is 1.98. The van der Waals surface area contributed by atoms with Crippen molar-refractivity contribution in [1.82, 2.24) is 20.1 Å². The molecule has 1 aromatic heterocycles. The predicted molar refractivity (Wildman–Crippen MR) is 144 cm³/mol. The number of aliphatic hydroxyl groups excluding tert-OH is 1. The van der Waals surface area contributed by atoms with Gasteiger partial charge >= 0.3 is 0 Å². The SMILES string of the molecule is Cc1[nH]c(/C=C2\C(=O)Nc3ccc(F)cc32)c(C)c1C(=O)NCC[C@@H](O)CC(=O)CC(=O)N1CCN(C)CC1. The number of nitrogens with one attached hydrogen (secondary N) is 3. The highest BCUT2D eigenvalue weighted by molar-refractivity contribution is 6.34. The number of H-pyrrole nitrogens is 1. The zero-order valence-corrected chi connectivity index (χ0v) is 22.4. The number of hydrogen-bond acceptors (Lipinski definition) is 6. The molecular formula is C28H34FN5O5. The molecule has 1 fully saturated rings. The Kier molecular flexibility index (Phi) is 8.61. The fourth-order valence-electron chi connectivity index (χ4n) is 4.92. The van der Waals surface area contributed by atoms with Gasteiger partial charge in [0, 0.05) is 61.8 Å². The number of rotatable bonds is 9. The van der Waals surface area contributed by atoms with E-state index < -0.39 is 11.9 Å². The first-order valence-corrected chi connectivity index (χ1v) is 13.0. The molecule has 39 heavy (non-hydrogen) atoms. The van der Waals surface area contributed by atoms with E-state index in [1.54, 1.807) is 24.8 Å². The number of Topliss-reactive ketones (excluding diaryl/α,β-unsaturated/α-hetero) is 1. The van der Waals surface area contributed by atoms with E-state index in [1.807, 2.05) is 7.05 Å². The Morgan fingerprint density at radius 2 is 1.90 bits per heavy atom. The first kappa shape index (κ1) is 28.2. The second-order valence-electron chi connectivity index (χ2n) is 10.2. The first-order chi connectivity index (χ1) is 18.5. The number of amides is 3. The van der Waals surface area contributed by atoms with Gasteiger partial charge in [-0.3, -0.25) is 19.2 Å². The Morgan fingerprint density at radius 3 is 2.62 bits per heavy atom. The van der Waals surface area contributed by atoms with Crippen LogP contribution in [0.1, 0.15) is 52.1 Å². The maximum absolute atomic E-state index is 13.8. The monoisotopic (exact) mass is 539 g/mol. The summed E-state index contributed by atoms with van der Waals surface area (Å²) in [6.45, 7) is 6.33. The van der Waals surface area contributed by atoms with Gasteiger partial charge < -0.3 is 30.5 Å². The predicted octanol–water partition coefficient (Wildman–Crippen LogP) is 1.87. The second kappa shape index (κ2) is 11.9. The molecule has 208 valence electrons. The van der Waals surface area contributed by atoms with Crippen LogP contribution in [0.5, 0.6) is 0 Å². The number of carbonyl (C=O) groups is 4. The van der Waals surface area contributed by atoms with Gasteiger partial charge in [0.2, 0.25) is 5.91 Å². The van der Waals surface area contributed by atoms with Crippen molar-refractivity contribution in [2.45, 2.75) is 39.2 Å². The molecule has 0 radical (unpaired) electrons. The average Bonchev–Trinajstić information content (AvgIpc) is 3.33. The average molecular weight is 540 g/mol. The van der Waals surface area contributed by atoms with E-state index in [0.29, 0.717) is 52.4 Å². The summed E-state index contributed by atoms with van der Waals surface area (Å²) in [5.41, 5.74) is 3.43. The maximum Gasteiger partial charge on any atom is 0.256 e. The van der Waals surface area contributed by atoms with Crippen molar-refractivity contribution < 1.29 is 28.7 Å². The van der Waals surface area contributed by atoms with Gasteiger partial charge in [0.05, 0.1) is 23.7 Å². The number of hydrogen-bond donors (Lipinski definition) is 4. The van der Waals surface area contributed by atoms with E-state index in [9.17, 15) is 28.7 Å². The van der Waals surface area contributed by atoms with Gasteiger partial charge in [-0.05, 0) is 57.2 Å². The van der Waals surface area contributed by atoms with Crippen molar-refractivity contribution in [3.63, 3.8) is 0 Å². The van der Waals surface area contributed by atoms with Gasteiger partial charge in [0.25, 0.3) is 11.8 Å². The van der Waals surface area contributed by atoms with Crippen molar-refractivity contribution in [1.29, 1.82) is 0 Å². The number of aromatic amines is 1. The third-order valence-electron chi connectivity index (χ3n) is 7.19. The molecule has 4 N–H and O–H groups in total. The number of aliphatic hydroxyl groups is 1. The summed E-state index contributed by atoms with van der Waals surface area (Å²) in [6.07, 6.45) is 0.385. The molecule has 2 aliphatic heterocycles. The summed E-state index contributed by atoms with van der Waals surface area (Å²) in [5.74, 6) is -1.73. The Labute approximate surface area is 226 Å². The molecule has 0 saturated carbocycles. The molecule has 0 bridgehead atoms. The van der Waals surface area contributed by atoms with Crippen LogP contribution in [-0.4, -0.2) is 89.3 Å². The molecule has 3 amide bonds. The van der Waals surface area contributed by atoms with E-state index in [-0.39, 0.29) is 49.3 Å². The minimum absolute atomic E-state index is 0.134. The number of anilines is 1. The first-order valence-electron chi connectivity index (χ1n) is 13.0. The van der Waals surface area contributed by atoms with E-state index in [0.717, 1.165) is 13.1 Å². The van der Waals surface area contributed by atoms with Crippen LogP contribution < -0.4 is 10.6 Å². The molecule has 4 rings (SSSR count). The lowest BCUT2D eigenvalue weighted by molar-refractivity contribution is -0.137. The van der Waals surface area contributed by atoms with Crippen molar-refractivity contribution in [3.05, 3.63) is 52.1 Å². The van der Waals surface area contributed by atoms with E-state index in [4.69, 9.17) is 0 Å². The van der Waals surface area contributed by atoms with Crippen LogP contribution in [0.25, 0.3) is 11.6 Å². The molecule has 0 spiro atoms. The highest BCUT2D eigenvalue weighted by Gasteiger charge is 2.26. The van der Waals surface area contributed by atoms with Crippen molar-refractivity contribution in [2.24, 2.45) is 0 Å². The van der Waals surface area contributed by atoms with Gasteiger partial charge in [-0.15, -0.1) is 0 Å². The Morgan fingerprint density at radius 1 is 1.18 bits per heavy atom. The zero-order chi connectivity index (χ0) is 28.3. The molecule has 2 aromatic rings. The van der Waals surface area contributed by atoms with Gasteiger partial charge in [-0.1, -0.05) is 0 Å². The third-order valence-corrected chi connectivity index (χ3v) is 7.19. The third kappa shape index (κ3) is 6.61. The molecule has 2 aliphatic rings. The number of halogens is 1. The lowest BCUT2D eigenvalue weighted by Crippen LogP contribution is -2.47. The number of aromatic nitrogens is 1. The standard InChI is InChI=1S/C28H34FN5O5/c1-16-24(15-22-21-12-18(29)4-5-23(21)32-27(22)38)31-17(2)26(16)28(39)30-7-6-19(35)13-20(36)14-25(37)34-10-8-33(3)9-11-34/h4-5,12,15,19,31,35H,6-11,13-14H2,1-3H3,(H,30,39)(H,32,38)/b22-15-/t19-/m1/s1. The van der Waals surface area contributed by atoms with Crippen LogP contribution in [0, 0.1) is 19.7 Å². The summed E-state index contributed by atoms with van der Waals surface area (Å²) in [6, 6.07) is 4.06. The molecular weight excluding hydrogens is 505 g/mol. The number of carbonyl (C=O) groups excluding carboxylic acids is 4. The number of benzene rings is 1. The Balaban J connectivity index is 1.30. The lowest BCUT2D eigenvalue weighted by atomic mass is 10.0. The Hall–Kier alpha value is -3.83. The van der Waals surface area contributed by atoms with Gasteiger partial charge in [-0.25, -0.2) is 4.39 Å². The van der Waals surface area contributed by atoms with E-state index in [1.165, 1.54) is 18.2 Å². The number of fused-ring (bicyclic) bond motifs is 1. The van der Waals surface area contributed by atoms with E-state index in [2.05, 4.69) is 20.5 Å². The van der Waals surface area contributed by atoms with Crippen LogP contribution in [0.15, 0.2) is 18.2 Å². The zero-order valence-electron chi connectivity index (χ0n) is 22.4. The van der Waals surface area contributed by atoms with Crippen LogP contribution in [0.3, 0.4) is 0 Å². The minimum atomic E-state index is -0.979. The van der Waals surface area contributed by atoms with Crippen molar-refractivity contribution in [3.8, 4) is 0 Å². The highest BCUT2D eigenvalue weighted by Crippen LogP contribution is 2.34. The van der Waals surface area contributed by atoms with E-state index >= 15 is 0 Å². The van der Waals surface area contributed by atoms with Gasteiger partial charge in [0.1, 0.15) is 11.6 Å². The highest BCUT2D eigenvalue weighted by atomic mass is 19.1. The molecule has 0 unspecified atom stereocenters. The lowest BCUT2D eigenvalue weighted by Gasteiger charge is -2.32. The molecule has 11 heteroatoms. The molecule has 0 aliphatic carbocycles. The van der Waals surface area contributed by atoms with Crippen LogP contribution in [0.2, 0.25) is 0 Å². The number of ketones is 1. The molecule has 1 saturated heterocycles. The summed E-state index contributed by atoms with van der Waals surface area (Å²) < 4.78 is 13.8. The minimum Gasteiger partial charge on any atom is -0.393 e. The fourth-order valence-corrected chi connectivity index (χ4v) is 4.92. The second-order valence-corrected chi connectivity index (χ2v) is 10.2. The summed E-state index contributed by atoms with van der Waals surface area (Å²) in [5, 5.41) is 15.7. The van der Waals surface area contributed by atoms with Gasteiger partial charge in [-0.2, -0.15) is 0 Å². The quantitative estimate of drug-likeness (QED) is 0.284. The smallest absolute Gasteiger partial charge is 0.256 e. The van der Waals surface area contributed by atoms with Crippen molar-refractivity contribution >= 4 is 40.8 Å². The molecule has 3 heterocycles. The summed E-state index contributed by atoms with van der Waals surface area (Å²) in [4.78, 5) is 56.9. The molecule has 10 nitrogen and oxygen atoms in total. The Bertz CT molecular complexity index is 1330. The largest absolute Gasteiger partial charge is 0.393 e. The molecule has 1 atom stereocenters. The van der Waals surface area contributed by atoms with Crippen LogP contribution in [0.4, 0.5) is 10.1 Å². The van der Waals surface area contributed by atoms with Gasteiger partial charge in [0.15, 0.2) is 0 Å². The molecule has 1 aromatic carbocycles. The summed E-state index contributed by atoms with van der Waals surface area (Å²) >= 11 is 0. The van der Waals surface area contributed by atoms with Crippen LogP contribution >= 0.6 is 0 Å². The maximum atomic E-state index is 13.8. The number of nitrogens with zero attached hydrogens (tertiary/aromatic N) is 2. The van der Waals surface area contributed by atoms with Crippen molar-refractivity contribution in [2.75, 3.05) is 45.1 Å². The number of likely N-dealkylation sites (N-methyl/N-ethyl adjacent to an activating group) is 1. The van der Waals surface area contributed by atoms with Crippen LogP contribution in [-0.2, 0) is 14.4 Å². The number of piperazine rings is 1. The fraction of sp³-hybridized carbons (Fsp3) is 0.429. The number of aryl methyl sites for hydroxylation is 1. The normalized spacial score (nSPS) is 17.2.